The number of nitrogens with one attached hydrogen (secondary N) is 1. The normalized spacial score (nSPS) is 31.7. The van der Waals surface area contributed by atoms with E-state index in [-0.39, 0.29) is 17.2 Å². The lowest BCUT2D eigenvalue weighted by atomic mass is 9.53. The smallest absolute Gasteiger partial charge is 0.433 e. The van der Waals surface area contributed by atoms with Crippen molar-refractivity contribution in [2.45, 2.75) is 57.1 Å². The number of hydrogen-bond acceptors (Lipinski definition) is 6. The number of carbonyl (C=O) groups excluding carboxylic acids is 2. The molecule has 5 rings (SSSR count). The number of amides is 1. The summed E-state index contributed by atoms with van der Waals surface area (Å²) in [5, 5.41) is 13.8. The Hall–Kier alpha value is -2.64. The van der Waals surface area contributed by atoms with Gasteiger partial charge in [0.2, 0.25) is 0 Å². The zero-order chi connectivity index (χ0) is 19.9. The number of rotatable bonds is 6. The highest BCUT2D eigenvalue weighted by molar-refractivity contribution is 5.90. The molecule has 28 heavy (non-hydrogen) atoms. The van der Waals surface area contributed by atoms with Crippen LogP contribution in [0.1, 0.15) is 51.2 Å². The van der Waals surface area contributed by atoms with Crippen molar-refractivity contribution in [1.29, 1.82) is 0 Å². The van der Waals surface area contributed by atoms with Gasteiger partial charge in [-0.05, 0) is 75.3 Å². The van der Waals surface area contributed by atoms with Crippen LogP contribution in [0.25, 0.3) is 6.08 Å². The molecule has 1 unspecified atom stereocenters. The second kappa shape index (κ2) is 7.07. The molecule has 1 heterocycles. The highest BCUT2D eigenvalue weighted by Crippen LogP contribution is 2.55. The molecule has 4 fully saturated rings. The van der Waals surface area contributed by atoms with Gasteiger partial charge in [0.1, 0.15) is 10.7 Å². The summed E-state index contributed by atoms with van der Waals surface area (Å²) in [5.41, 5.74) is -0.130. The molecule has 150 valence electrons. The first kappa shape index (κ1) is 18.7. The fourth-order valence-electron chi connectivity index (χ4n) is 5.57. The molecule has 1 amide bonds. The van der Waals surface area contributed by atoms with Crippen molar-refractivity contribution in [3.63, 3.8) is 0 Å². The molecule has 8 nitrogen and oxygen atoms in total. The number of carbonyl (C=O) groups is 2. The Labute approximate surface area is 162 Å². The molecule has 4 aliphatic rings. The predicted octanol–water partition coefficient (Wildman–Crippen LogP) is 3.22. The van der Waals surface area contributed by atoms with Gasteiger partial charge in [-0.3, -0.25) is 14.9 Å². The van der Waals surface area contributed by atoms with Crippen LogP contribution in [-0.4, -0.2) is 28.4 Å². The van der Waals surface area contributed by atoms with E-state index in [9.17, 15) is 19.7 Å². The summed E-state index contributed by atoms with van der Waals surface area (Å²) >= 11 is 0. The largest absolute Gasteiger partial charge is 0.449 e. The summed E-state index contributed by atoms with van der Waals surface area (Å²) in [7, 11) is 0. The van der Waals surface area contributed by atoms with Crippen LogP contribution in [0.5, 0.6) is 0 Å². The minimum Gasteiger partial charge on any atom is -0.449 e. The quantitative estimate of drug-likeness (QED) is 0.347. The molecule has 0 saturated heterocycles. The monoisotopic (exact) mass is 388 g/mol. The van der Waals surface area contributed by atoms with Crippen LogP contribution in [0.3, 0.4) is 0 Å². The van der Waals surface area contributed by atoms with Gasteiger partial charge in [-0.2, -0.15) is 0 Å². The lowest BCUT2D eigenvalue weighted by Gasteiger charge is -2.57. The van der Waals surface area contributed by atoms with E-state index in [4.69, 9.17) is 9.15 Å². The molecule has 8 heteroatoms. The van der Waals surface area contributed by atoms with E-state index >= 15 is 0 Å². The Morgan fingerprint density at radius 2 is 1.86 bits per heavy atom. The molecule has 1 aromatic rings. The zero-order valence-electron chi connectivity index (χ0n) is 15.8. The Bertz CT molecular complexity index is 791. The number of esters is 1. The first-order valence-corrected chi connectivity index (χ1v) is 9.77. The van der Waals surface area contributed by atoms with E-state index in [2.05, 4.69) is 5.32 Å². The first-order chi connectivity index (χ1) is 13.3. The molecule has 1 N–H and O–H groups in total. The van der Waals surface area contributed by atoms with Gasteiger partial charge in [-0.25, -0.2) is 4.79 Å². The highest BCUT2D eigenvalue weighted by atomic mass is 16.6. The third kappa shape index (κ3) is 3.81. The molecule has 1 atom stereocenters. The van der Waals surface area contributed by atoms with Gasteiger partial charge in [0, 0.05) is 11.6 Å². The molecule has 0 aliphatic heterocycles. The molecule has 4 bridgehead atoms. The Kier molecular flexibility index (Phi) is 4.72. The second-order valence-electron chi connectivity index (χ2n) is 8.53. The summed E-state index contributed by atoms with van der Waals surface area (Å²) in [5.74, 6) is 0.925. The number of nitrogens with zero attached hydrogens (tertiary/aromatic N) is 1. The Morgan fingerprint density at radius 3 is 2.39 bits per heavy atom. The maximum atomic E-state index is 12.6. The maximum absolute atomic E-state index is 12.6. The van der Waals surface area contributed by atoms with Gasteiger partial charge in [-0.1, -0.05) is 0 Å². The van der Waals surface area contributed by atoms with Crippen molar-refractivity contribution >= 4 is 23.8 Å². The molecule has 1 aromatic heterocycles. The van der Waals surface area contributed by atoms with Gasteiger partial charge < -0.3 is 14.5 Å². The first-order valence-electron chi connectivity index (χ1n) is 9.77. The van der Waals surface area contributed by atoms with Crippen molar-refractivity contribution in [3.05, 3.63) is 34.1 Å². The highest BCUT2D eigenvalue weighted by Gasteiger charge is 2.51. The maximum Gasteiger partial charge on any atom is 0.433 e. The Balaban J connectivity index is 1.31. The SMILES string of the molecule is CC(OC(=O)/C=C/c1ccc([N+](=O)[O-])o1)C(=O)NC12CC3CC(CC(C3)C1)C2. The Morgan fingerprint density at radius 1 is 1.25 bits per heavy atom. The molecule has 0 spiro atoms. The fourth-order valence-corrected chi connectivity index (χ4v) is 5.57. The van der Waals surface area contributed by atoms with E-state index < -0.39 is 22.9 Å². The topological polar surface area (TPSA) is 112 Å². The average molecular weight is 388 g/mol. The van der Waals surface area contributed by atoms with Crippen molar-refractivity contribution < 1.29 is 23.7 Å². The van der Waals surface area contributed by atoms with E-state index in [1.165, 1.54) is 37.5 Å². The van der Waals surface area contributed by atoms with Crippen molar-refractivity contribution in [2.75, 3.05) is 0 Å². The molecular formula is C20H24N2O6. The van der Waals surface area contributed by atoms with Gasteiger partial charge in [0.05, 0.1) is 6.07 Å². The molecule has 0 aromatic carbocycles. The summed E-state index contributed by atoms with van der Waals surface area (Å²) < 4.78 is 10.1. The second-order valence-corrected chi connectivity index (χ2v) is 8.53. The van der Waals surface area contributed by atoms with Crippen molar-refractivity contribution in [2.24, 2.45) is 17.8 Å². The van der Waals surface area contributed by atoms with Crippen molar-refractivity contribution in [1.82, 2.24) is 5.32 Å². The summed E-state index contributed by atoms with van der Waals surface area (Å²) in [6, 6.07) is 2.58. The third-order valence-corrected chi connectivity index (χ3v) is 6.26. The summed E-state index contributed by atoms with van der Waals surface area (Å²) in [6.45, 7) is 1.55. The number of furan rings is 1. The van der Waals surface area contributed by atoms with Crippen LogP contribution in [0.4, 0.5) is 5.88 Å². The standard InChI is InChI=1S/C20H24N2O6/c1-12(27-18(23)5-3-16-2-4-17(28-16)22(25)26)19(24)21-20-9-13-6-14(10-20)8-15(7-13)11-20/h2-5,12-15H,6-11H2,1H3,(H,21,24)/b5-3+. The van der Waals surface area contributed by atoms with E-state index in [1.807, 2.05) is 0 Å². The van der Waals surface area contributed by atoms with Crippen LogP contribution in [-0.2, 0) is 14.3 Å². The number of nitro groups is 1. The minimum atomic E-state index is -0.906. The summed E-state index contributed by atoms with van der Waals surface area (Å²) in [4.78, 5) is 34.5. The minimum absolute atomic E-state index is 0.130. The van der Waals surface area contributed by atoms with Crippen LogP contribution in [0, 0.1) is 27.9 Å². The van der Waals surface area contributed by atoms with Crippen LogP contribution < -0.4 is 5.32 Å². The van der Waals surface area contributed by atoms with Crippen LogP contribution in [0.2, 0.25) is 0 Å². The molecule has 0 radical (unpaired) electrons. The van der Waals surface area contributed by atoms with E-state index in [0.29, 0.717) is 17.8 Å². The van der Waals surface area contributed by atoms with Crippen molar-refractivity contribution in [3.8, 4) is 0 Å². The van der Waals surface area contributed by atoms with E-state index in [1.54, 1.807) is 6.92 Å². The average Bonchev–Trinajstić information content (AvgIpc) is 3.07. The van der Waals surface area contributed by atoms with Crippen LogP contribution >= 0.6 is 0 Å². The van der Waals surface area contributed by atoms with Gasteiger partial charge >= 0.3 is 11.9 Å². The van der Waals surface area contributed by atoms with Crippen LogP contribution in [0.15, 0.2) is 22.6 Å². The van der Waals surface area contributed by atoms with Gasteiger partial charge in [0.15, 0.2) is 6.10 Å². The van der Waals surface area contributed by atoms with Gasteiger partial charge in [-0.15, -0.1) is 0 Å². The number of hydrogen-bond donors (Lipinski definition) is 1. The van der Waals surface area contributed by atoms with E-state index in [0.717, 1.165) is 25.3 Å². The molecule has 4 aliphatic carbocycles. The van der Waals surface area contributed by atoms with Gasteiger partial charge in [0.25, 0.3) is 5.91 Å². The number of ether oxygens (including phenoxy) is 1. The third-order valence-electron chi connectivity index (χ3n) is 6.26. The summed E-state index contributed by atoms with van der Waals surface area (Å²) in [6.07, 6.45) is 8.42. The lowest BCUT2D eigenvalue weighted by molar-refractivity contribution is -0.402. The fraction of sp³-hybridized carbons (Fsp3) is 0.600. The predicted molar refractivity (Wildman–Crippen MR) is 99.0 cm³/mol. The lowest BCUT2D eigenvalue weighted by Crippen LogP contribution is -2.61. The molecule has 4 saturated carbocycles. The zero-order valence-corrected chi connectivity index (χ0v) is 15.8. The molecular weight excluding hydrogens is 364 g/mol.